The number of nitrogens with one attached hydrogen (secondary N) is 3. The molecule has 1 heterocycles. The number of hydrogen-bond acceptors (Lipinski definition) is 4. The zero-order valence-electron chi connectivity index (χ0n) is 8.69. The molecule has 3 N–H and O–H groups in total. The maximum absolute atomic E-state index is 11.6. The summed E-state index contributed by atoms with van der Waals surface area (Å²) in [6, 6.07) is -0.0379. The van der Waals surface area contributed by atoms with Gasteiger partial charge in [0.1, 0.15) is 0 Å². The van der Waals surface area contributed by atoms with E-state index < -0.39 is 10.2 Å². The van der Waals surface area contributed by atoms with Crippen LogP contribution in [-0.4, -0.2) is 46.8 Å². The van der Waals surface area contributed by atoms with Gasteiger partial charge >= 0.3 is 0 Å². The van der Waals surface area contributed by atoms with Crippen LogP contribution in [0.15, 0.2) is 0 Å². The molecule has 1 aliphatic heterocycles. The number of ether oxygens (including phenoxy) is 1. The van der Waals surface area contributed by atoms with Gasteiger partial charge in [-0.1, -0.05) is 0 Å². The fourth-order valence-electron chi connectivity index (χ4n) is 1.67. The lowest BCUT2D eigenvalue weighted by atomic mass is 10.2. The first-order chi connectivity index (χ1) is 7.11. The summed E-state index contributed by atoms with van der Waals surface area (Å²) in [5, 5.41) is 3.09. The Kier molecular flexibility index (Phi) is 3.27. The van der Waals surface area contributed by atoms with Crippen LogP contribution in [0.25, 0.3) is 0 Å². The summed E-state index contributed by atoms with van der Waals surface area (Å²) < 4.78 is 33.5. The molecule has 1 saturated carbocycles. The molecule has 7 heteroatoms. The first-order valence-corrected chi connectivity index (χ1v) is 6.62. The van der Waals surface area contributed by atoms with Crippen molar-refractivity contribution in [2.24, 2.45) is 0 Å². The summed E-state index contributed by atoms with van der Waals surface area (Å²) in [6.45, 7) is 1.30. The molecule has 88 valence electrons. The van der Waals surface area contributed by atoms with Gasteiger partial charge in [-0.3, -0.25) is 0 Å². The molecule has 0 spiro atoms. The van der Waals surface area contributed by atoms with Gasteiger partial charge in [-0.15, -0.1) is 0 Å². The van der Waals surface area contributed by atoms with Gasteiger partial charge in [0, 0.05) is 26.2 Å². The van der Waals surface area contributed by atoms with Gasteiger partial charge in [-0.05, 0) is 12.8 Å². The second kappa shape index (κ2) is 4.34. The minimum Gasteiger partial charge on any atom is -0.378 e. The zero-order chi connectivity index (χ0) is 10.9. The Bertz CT molecular complexity index is 315. The number of methoxy groups -OCH3 is 1. The molecule has 6 nitrogen and oxygen atoms in total. The van der Waals surface area contributed by atoms with Gasteiger partial charge in [-0.25, -0.2) is 0 Å². The van der Waals surface area contributed by atoms with Gasteiger partial charge in [0.15, 0.2) is 0 Å². The Hall–Kier alpha value is -0.210. The Balaban J connectivity index is 1.88. The van der Waals surface area contributed by atoms with Gasteiger partial charge in [0.2, 0.25) is 0 Å². The molecule has 0 radical (unpaired) electrons. The maximum atomic E-state index is 11.6. The second-order valence-electron chi connectivity index (χ2n) is 4.05. The third kappa shape index (κ3) is 3.12. The summed E-state index contributed by atoms with van der Waals surface area (Å²) in [4.78, 5) is 0. The fraction of sp³-hybridized carbons (Fsp3) is 1.00. The van der Waals surface area contributed by atoms with E-state index in [1.807, 2.05) is 0 Å². The summed E-state index contributed by atoms with van der Waals surface area (Å²) in [7, 11) is -1.77. The molecule has 1 saturated heterocycles. The highest BCUT2D eigenvalue weighted by molar-refractivity contribution is 7.87. The SMILES string of the molecule is CO[C@H]1CNCC1NS(=O)(=O)NC1CC1. The molecule has 0 aromatic heterocycles. The van der Waals surface area contributed by atoms with E-state index >= 15 is 0 Å². The van der Waals surface area contributed by atoms with Crippen molar-refractivity contribution in [1.82, 2.24) is 14.8 Å². The third-order valence-corrected chi connectivity index (χ3v) is 3.92. The molecule has 2 aliphatic rings. The van der Waals surface area contributed by atoms with Crippen molar-refractivity contribution in [2.45, 2.75) is 31.0 Å². The summed E-state index contributed by atoms with van der Waals surface area (Å²) in [6.07, 6.45) is 1.80. The Morgan fingerprint density at radius 3 is 2.60 bits per heavy atom. The normalized spacial score (nSPS) is 32.1. The highest BCUT2D eigenvalue weighted by Crippen LogP contribution is 2.19. The average Bonchev–Trinajstić information content (AvgIpc) is 2.82. The van der Waals surface area contributed by atoms with Crippen LogP contribution in [0.4, 0.5) is 0 Å². The molecular formula is C8H17N3O3S. The van der Waals surface area contributed by atoms with Crippen LogP contribution in [0.1, 0.15) is 12.8 Å². The molecule has 1 unspecified atom stereocenters. The van der Waals surface area contributed by atoms with Crippen molar-refractivity contribution >= 4 is 10.2 Å². The Labute approximate surface area is 89.9 Å². The average molecular weight is 235 g/mol. The van der Waals surface area contributed by atoms with E-state index in [0.29, 0.717) is 13.1 Å². The van der Waals surface area contributed by atoms with E-state index in [1.165, 1.54) is 0 Å². The van der Waals surface area contributed by atoms with Crippen molar-refractivity contribution in [3.63, 3.8) is 0 Å². The standard InChI is InChI=1S/C8H17N3O3S/c1-14-8-5-9-4-7(8)11-15(12,13)10-6-2-3-6/h6-11H,2-5H2,1H3/t7?,8-/m0/s1. The Morgan fingerprint density at radius 2 is 2.00 bits per heavy atom. The maximum Gasteiger partial charge on any atom is 0.277 e. The van der Waals surface area contributed by atoms with E-state index in [1.54, 1.807) is 7.11 Å². The molecular weight excluding hydrogens is 218 g/mol. The largest absolute Gasteiger partial charge is 0.378 e. The van der Waals surface area contributed by atoms with Crippen LogP contribution in [0.3, 0.4) is 0 Å². The first-order valence-electron chi connectivity index (χ1n) is 5.14. The van der Waals surface area contributed by atoms with Crippen molar-refractivity contribution in [3.05, 3.63) is 0 Å². The van der Waals surface area contributed by atoms with Crippen molar-refractivity contribution < 1.29 is 13.2 Å². The predicted molar refractivity (Wildman–Crippen MR) is 55.7 cm³/mol. The monoisotopic (exact) mass is 235 g/mol. The molecule has 0 amide bonds. The lowest BCUT2D eigenvalue weighted by Gasteiger charge is -2.18. The van der Waals surface area contributed by atoms with E-state index in [9.17, 15) is 8.42 Å². The molecule has 2 fully saturated rings. The lowest BCUT2D eigenvalue weighted by Crippen LogP contribution is -2.48. The van der Waals surface area contributed by atoms with E-state index in [2.05, 4.69) is 14.8 Å². The fourth-order valence-corrected chi connectivity index (χ4v) is 3.05. The summed E-state index contributed by atoms with van der Waals surface area (Å²) in [5.74, 6) is 0. The van der Waals surface area contributed by atoms with E-state index in [0.717, 1.165) is 12.8 Å². The zero-order valence-corrected chi connectivity index (χ0v) is 9.51. The van der Waals surface area contributed by atoms with Gasteiger partial charge in [0.25, 0.3) is 10.2 Å². The van der Waals surface area contributed by atoms with Crippen LogP contribution in [0.5, 0.6) is 0 Å². The number of rotatable bonds is 5. The highest BCUT2D eigenvalue weighted by Gasteiger charge is 2.33. The van der Waals surface area contributed by atoms with E-state index in [4.69, 9.17) is 4.74 Å². The van der Waals surface area contributed by atoms with Crippen molar-refractivity contribution in [3.8, 4) is 0 Å². The smallest absolute Gasteiger partial charge is 0.277 e. The van der Waals surface area contributed by atoms with E-state index in [-0.39, 0.29) is 18.2 Å². The topological polar surface area (TPSA) is 79.5 Å². The quantitative estimate of drug-likeness (QED) is 0.545. The first kappa shape index (κ1) is 11.3. The van der Waals surface area contributed by atoms with Gasteiger partial charge in [0.05, 0.1) is 12.1 Å². The Morgan fingerprint density at radius 1 is 1.27 bits per heavy atom. The molecule has 1 aliphatic carbocycles. The van der Waals surface area contributed by atoms with Crippen molar-refractivity contribution in [2.75, 3.05) is 20.2 Å². The molecule has 2 rings (SSSR count). The van der Waals surface area contributed by atoms with Crippen LogP contribution in [-0.2, 0) is 14.9 Å². The summed E-state index contributed by atoms with van der Waals surface area (Å²) >= 11 is 0. The number of hydrogen-bond donors (Lipinski definition) is 3. The van der Waals surface area contributed by atoms with Crippen LogP contribution in [0, 0.1) is 0 Å². The molecule has 0 aromatic carbocycles. The molecule has 0 bridgehead atoms. The second-order valence-corrected chi connectivity index (χ2v) is 5.53. The van der Waals surface area contributed by atoms with Crippen LogP contribution >= 0.6 is 0 Å². The van der Waals surface area contributed by atoms with Crippen LogP contribution in [0.2, 0.25) is 0 Å². The lowest BCUT2D eigenvalue weighted by molar-refractivity contribution is 0.103. The van der Waals surface area contributed by atoms with Crippen molar-refractivity contribution in [1.29, 1.82) is 0 Å². The molecule has 2 atom stereocenters. The third-order valence-electron chi connectivity index (χ3n) is 2.67. The van der Waals surface area contributed by atoms with Gasteiger partial charge in [-0.2, -0.15) is 17.9 Å². The van der Waals surface area contributed by atoms with Gasteiger partial charge < -0.3 is 10.1 Å². The van der Waals surface area contributed by atoms with Crippen LogP contribution < -0.4 is 14.8 Å². The minimum atomic E-state index is -3.36. The predicted octanol–water partition coefficient (Wildman–Crippen LogP) is -1.44. The molecule has 0 aromatic rings. The summed E-state index contributed by atoms with van der Waals surface area (Å²) in [5.41, 5.74) is 0. The minimum absolute atomic E-state index is 0.0826. The molecule has 15 heavy (non-hydrogen) atoms. The highest BCUT2D eigenvalue weighted by atomic mass is 32.2.